The number of ether oxygens (including phenoxy) is 1. The van der Waals surface area contributed by atoms with Gasteiger partial charge in [-0.3, -0.25) is 4.79 Å². The first-order valence-corrected chi connectivity index (χ1v) is 11.0. The lowest BCUT2D eigenvalue weighted by Gasteiger charge is -2.10. The van der Waals surface area contributed by atoms with Crippen LogP contribution in [0, 0.1) is 0 Å². The maximum absolute atomic E-state index is 12.2. The topological polar surface area (TPSA) is 62.7 Å². The Hall–Kier alpha value is -3.64. The predicted octanol–water partition coefficient (Wildman–Crippen LogP) is 5.74. The zero-order valence-electron chi connectivity index (χ0n) is 17.3. The molecule has 0 atom stereocenters. The highest BCUT2D eigenvalue weighted by molar-refractivity contribution is 9.10. The molecule has 160 valence electrons. The average Bonchev–Trinajstić information content (AvgIpc) is 2.83. The van der Waals surface area contributed by atoms with E-state index in [2.05, 4.69) is 31.8 Å². The number of amides is 1. The number of rotatable bonds is 8. The summed E-state index contributed by atoms with van der Waals surface area (Å²) in [6, 6.07) is 29.5. The lowest BCUT2D eigenvalue weighted by Crippen LogP contribution is -2.25. The van der Waals surface area contributed by atoms with Crippen molar-refractivity contribution in [1.29, 1.82) is 0 Å². The first-order chi connectivity index (χ1) is 15.7. The van der Waals surface area contributed by atoms with Gasteiger partial charge in [0.25, 0.3) is 5.91 Å². The van der Waals surface area contributed by atoms with Gasteiger partial charge >= 0.3 is 0 Å². The second kappa shape index (κ2) is 10.6. The van der Waals surface area contributed by atoms with Gasteiger partial charge in [0, 0.05) is 21.1 Å². The number of nitrogens with zero attached hydrogens (tertiary/aromatic N) is 1. The molecule has 0 aliphatic heterocycles. The second-order valence-electron chi connectivity index (χ2n) is 7.13. The molecule has 0 bridgehead atoms. The third kappa shape index (κ3) is 5.74. The van der Waals surface area contributed by atoms with Crippen molar-refractivity contribution in [3.63, 3.8) is 0 Å². The van der Waals surface area contributed by atoms with Gasteiger partial charge in [-0.15, -0.1) is 0 Å². The molecule has 0 heterocycles. The third-order valence-electron chi connectivity index (χ3n) is 4.85. The van der Waals surface area contributed by atoms with Crippen LogP contribution in [0.4, 0.5) is 5.69 Å². The molecule has 0 aliphatic rings. The SMILES string of the molecule is O=C(CNc1cccc2ccccc12)NN=Cc1ccccc1OCc1ccc(Br)cc1. The summed E-state index contributed by atoms with van der Waals surface area (Å²) in [5.41, 5.74) is 5.32. The summed E-state index contributed by atoms with van der Waals surface area (Å²) in [6.07, 6.45) is 1.59. The molecule has 0 aliphatic carbocycles. The highest BCUT2D eigenvalue weighted by Gasteiger charge is 2.04. The Labute approximate surface area is 195 Å². The monoisotopic (exact) mass is 487 g/mol. The fourth-order valence-corrected chi connectivity index (χ4v) is 3.49. The second-order valence-corrected chi connectivity index (χ2v) is 8.04. The van der Waals surface area contributed by atoms with Crippen LogP contribution in [-0.4, -0.2) is 18.7 Å². The van der Waals surface area contributed by atoms with Crippen LogP contribution in [0.3, 0.4) is 0 Å². The van der Waals surface area contributed by atoms with Crippen molar-refractivity contribution < 1.29 is 9.53 Å². The van der Waals surface area contributed by atoms with Crippen LogP contribution >= 0.6 is 15.9 Å². The van der Waals surface area contributed by atoms with Crippen LogP contribution in [0.2, 0.25) is 0 Å². The highest BCUT2D eigenvalue weighted by atomic mass is 79.9. The maximum atomic E-state index is 12.2. The van der Waals surface area contributed by atoms with Gasteiger partial charge in [-0.1, -0.05) is 76.6 Å². The number of halogens is 1. The summed E-state index contributed by atoms with van der Waals surface area (Å²) >= 11 is 3.43. The summed E-state index contributed by atoms with van der Waals surface area (Å²) in [4.78, 5) is 12.2. The third-order valence-corrected chi connectivity index (χ3v) is 5.38. The van der Waals surface area contributed by atoms with Crippen molar-refractivity contribution >= 4 is 44.5 Å². The fraction of sp³-hybridized carbons (Fsp3) is 0.0769. The van der Waals surface area contributed by atoms with Gasteiger partial charge in [0.05, 0.1) is 12.8 Å². The van der Waals surface area contributed by atoms with E-state index in [1.54, 1.807) is 6.21 Å². The number of hydrogen-bond acceptors (Lipinski definition) is 4. The normalized spacial score (nSPS) is 10.9. The Morgan fingerprint density at radius 3 is 2.53 bits per heavy atom. The predicted molar refractivity (Wildman–Crippen MR) is 133 cm³/mol. The molecule has 4 aromatic carbocycles. The van der Waals surface area contributed by atoms with Gasteiger partial charge in [0.15, 0.2) is 0 Å². The van der Waals surface area contributed by atoms with E-state index in [-0.39, 0.29) is 12.5 Å². The molecule has 0 radical (unpaired) electrons. The van der Waals surface area contributed by atoms with Crippen molar-refractivity contribution in [2.45, 2.75) is 6.61 Å². The highest BCUT2D eigenvalue weighted by Crippen LogP contribution is 2.22. The Morgan fingerprint density at radius 1 is 0.906 bits per heavy atom. The van der Waals surface area contributed by atoms with Crippen molar-refractivity contribution in [1.82, 2.24) is 5.43 Å². The molecule has 0 fully saturated rings. The molecular formula is C26H22BrN3O2. The zero-order chi connectivity index (χ0) is 22.2. The van der Waals surface area contributed by atoms with Gasteiger partial charge < -0.3 is 10.1 Å². The largest absolute Gasteiger partial charge is 0.488 e. The Morgan fingerprint density at radius 2 is 1.66 bits per heavy atom. The molecular weight excluding hydrogens is 466 g/mol. The quantitative estimate of drug-likeness (QED) is 0.246. The van der Waals surface area contributed by atoms with E-state index < -0.39 is 0 Å². The summed E-state index contributed by atoms with van der Waals surface area (Å²) in [5.74, 6) is 0.463. The summed E-state index contributed by atoms with van der Waals surface area (Å²) in [6.45, 7) is 0.562. The number of para-hydroxylation sites is 1. The summed E-state index contributed by atoms with van der Waals surface area (Å²) in [7, 11) is 0. The standard InChI is InChI=1S/C26H22BrN3O2/c27-22-14-12-19(13-15-22)18-32-25-11-4-2-7-21(25)16-29-30-26(31)17-28-24-10-5-8-20-6-1-3-9-23(20)24/h1-16,28H,17-18H2,(H,30,31). The van der Waals surface area contributed by atoms with Crippen LogP contribution in [0.1, 0.15) is 11.1 Å². The van der Waals surface area contributed by atoms with Gasteiger partial charge in [-0.2, -0.15) is 5.10 Å². The summed E-state index contributed by atoms with van der Waals surface area (Å²) < 4.78 is 6.96. The molecule has 2 N–H and O–H groups in total. The van der Waals surface area contributed by atoms with Crippen LogP contribution < -0.4 is 15.5 Å². The fourth-order valence-electron chi connectivity index (χ4n) is 3.23. The van der Waals surface area contributed by atoms with Gasteiger partial charge in [0.2, 0.25) is 0 Å². The van der Waals surface area contributed by atoms with E-state index in [4.69, 9.17) is 4.74 Å². The van der Waals surface area contributed by atoms with Gasteiger partial charge in [0.1, 0.15) is 12.4 Å². The van der Waals surface area contributed by atoms with Crippen LogP contribution in [-0.2, 0) is 11.4 Å². The maximum Gasteiger partial charge on any atom is 0.259 e. The molecule has 4 rings (SSSR count). The Bertz CT molecular complexity index is 1230. The Kier molecular flexibility index (Phi) is 7.15. The lowest BCUT2D eigenvalue weighted by atomic mass is 10.1. The molecule has 5 nitrogen and oxygen atoms in total. The number of carbonyl (C=O) groups excluding carboxylic acids is 1. The first-order valence-electron chi connectivity index (χ1n) is 10.2. The molecule has 32 heavy (non-hydrogen) atoms. The molecule has 0 saturated heterocycles. The first kappa shape index (κ1) is 21.6. The number of hydrazone groups is 1. The minimum Gasteiger partial charge on any atom is -0.488 e. The number of nitrogens with one attached hydrogen (secondary N) is 2. The minimum absolute atomic E-state index is 0.118. The van der Waals surface area contributed by atoms with Crippen molar-refractivity contribution in [2.24, 2.45) is 5.10 Å². The molecule has 0 unspecified atom stereocenters. The molecule has 6 heteroatoms. The number of fused-ring (bicyclic) bond motifs is 1. The average molecular weight is 488 g/mol. The smallest absolute Gasteiger partial charge is 0.259 e. The molecule has 0 saturated carbocycles. The Balaban J connectivity index is 1.32. The van der Waals surface area contributed by atoms with Gasteiger partial charge in [-0.25, -0.2) is 5.43 Å². The van der Waals surface area contributed by atoms with E-state index in [9.17, 15) is 4.79 Å². The van der Waals surface area contributed by atoms with Crippen molar-refractivity contribution in [3.05, 3.63) is 107 Å². The van der Waals surface area contributed by atoms with E-state index in [1.807, 2.05) is 91.0 Å². The lowest BCUT2D eigenvalue weighted by molar-refractivity contribution is -0.119. The van der Waals surface area contributed by atoms with Crippen molar-refractivity contribution in [3.8, 4) is 5.75 Å². The van der Waals surface area contributed by atoms with Crippen LogP contribution in [0.5, 0.6) is 5.75 Å². The van der Waals surface area contributed by atoms with Crippen LogP contribution in [0.15, 0.2) is 101 Å². The van der Waals surface area contributed by atoms with E-state index in [1.165, 1.54) is 0 Å². The molecule has 0 spiro atoms. The van der Waals surface area contributed by atoms with Crippen LogP contribution in [0.25, 0.3) is 10.8 Å². The number of hydrogen-bond donors (Lipinski definition) is 2. The molecule has 1 amide bonds. The zero-order valence-corrected chi connectivity index (χ0v) is 18.9. The minimum atomic E-state index is -0.234. The van der Waals surface area contributed by atoms with E-state index >= 15 is 0 Å². The molecule has 4 aromatic rings. The van der Waals surface area contributed by atoms with E-state index in [0.717, 1.165) is 32.1 Å². The number of benzene rings is 4. The van der Waals surface area contributed by atoms with Gasteiger partial charge in [-0.05, 0) is 41.3 Å². The molecule has 0 aromatic heterocycles. The van der Waals surface area contributed by atoms with Crippen molar-refractivity contribution in [2.75, 3.05) is 11.9 Å². The number of anilines is 1. The summed E-state index contributed by atoms with van der Waals surface area (Å²) in [5, 5.41) is 9.46. The van der Waals surface area contributed by atoms with E-state index in [0.29, 0.717) is 12.4 Å². The number of carbonyl (C=O) groups is 1.